The Kier molecular flexibility index (Phi) is 9.06. The van der Waals surface area contributed by atoms with Crippen LogP contribution in [-0.4, -0.2) is 0 Å². The van der Waals surface area contributed by atoms with Gasteiger partial charge in [0, 0.05) is 5.41 Å². The third-order valence-electron chi connectivity index (χ3n) is 14.7. The van der Waals surface area contributed by atoms with Gasteiger partial charge in [0.05, 0.1) is 0 Å². The molecule has 0 aromatic heterocycles. The van der Waals surface area contributed by atoms with Crippen molar-refractivity contribution in [2.24, 2.45) is 69.5 Å². The van der Waals surface area contributed by atoms with Gasteiger partial charge < -0.3 is 0 Å². The van der Waals surface area contributed by atoms with Crippen molar-refractivity contribution in [3.63, 3.8) is 0 Å². The van der Waals surface area contributed by atoms with Crippen molar-refractivity contribution in [3.8, 4) is 0 Å². The van der Waals surface area contributed by atoms with Crippen LogP contribution in [0.3, 0.4) is 0 Å². The van der Waals surface area contributed by atoms with Crippen molar-refractivity contribution in [2.75, 3.05) is 0 Å². The number of hydrogen-bond acceptors (Lipinski definition) is 0. The highest BCUT2D eigenvalue weighted by atomic mass is 14.7. The van der Waals surface area contributed by atoms with Crippen molar-refractivity contribution in [3.05, 3.63) is 84.4 Å². The fourth-order valence-corrected chi connectivity index (χ4v) is 12.3. The normalized spacial score (nSPS) is 34.3. The molecule has 4 aliphatic carbocycles. The fourth-order valence-electron chi connectivity index (χ4n) is 12.3. The van der Waals surface area contributed by atoms with Crippen LogP contribution in [-0.2, 0) is 5.41 Å². The molecule has 4 fully saturated rings. The summed E-state index contributed by atoms with van der Waals surface area (Å²) in [7, 11) is 0. The maximum Gasteiger partial charge on any atom is 0.0264 e. The van der Waals surface area contributed by atoms with Gasteiger partial charge in [-0.25, -0.2) is 0 Å². The first kappa shape index (κ1) is 33.1. The van der Waals surface area contributed by atoms with Crippen LogP contribution in [0.5, 0.6) is 0 Å². The standard InChI is InChI=1S/C45H66/c1-10-27-44(8,9)35-21-22-36(28-35)45(31-17-13-11-14-18-31,32-19-15-12-16-20-32)41-39-29-33(42(2,3)4)23-25-37(39)38-26-24-34(30-40(38)41)43(5,6)7/h10-20,33-41H,1,21-30H2,2-9H3. The maximum atomic E-state index is 4.19. The van der Waals surface area contributed by atoms with Gasteiger partial charge in [-0.1, -0.05) is 122 Å². The smallest absolute Gasteiger partial charge is 0.0264 e. The Morgan fingerprint density at radius 1 is 0.533 bits per heavy atom. The molecule has 8 atom stereocenters. The summed E-state index contributed by atoms with van der Waals surface area (Å²) in [6, 6.07) is 24.2. The van der Waals surface area contributed by atoms with Crippen LogP contribution in [0.2, 0.25) is 0 Å². The topological polar surface area (TPSA) is 0 Å². The summed E-state index contributed by atoms with van der Waals surface area (Å²) in [6.45, 7) is 24.5. The lowest BCUT2D eigenvalue weighted by atomic mass is 9.50. The number of benzene rings is 2. The van der Waals surface area contributed by atoms with Crippen LogP contribution in [0, 0.1) is 69.5 Å². The molecule has 0 spiro atoms. The fraction of sp³-hybridized carbons (Fsp3) is 0.689. The first-order chi connectivity index (χ1) is 21.3. The van der Waals surface area contributed by atoms with Crippen molar-refractivity contribution in [1.29, 1.82) is 0 Å². The average Bonchev–Trinajstić information content (AvgIpc) is 3.63. The summed E-state index contributed by atoms with van der Waals surface area (Å²) in [4.78, 5) is 0. The van der Waals surface area contributed by atoms with Gasteiger partial charge in [-0.2, -0.15) is 0 Å². The molecule has 45 heavy (non-hydrogen) atoms. The van der Waals surface area contributed by atoms with Gasteiger partial charge in [0.2, 0.25) is 0 Å². The molecule has 0 aliphatic heterocycles. The minimum Gasteiger partial charge on any atom is -0.103 e. The second-order valence-electron chi connectivity index (χ2n) is 19.2. The van der Waals surface area contributed by atoms with Crippen molar-refractivity contribution in [2.45, 2.75) is 125 Å². The molecule has 8 unspecified atom stereocenters. The molecule has 2 aromatic carbocycles. The summed E-state index contributed by atoms with van der Waals surface area (Å²) in [5, 5.41) is 0. The molecule has 0 radical (unpaired) electrons. The quantitative estimate of drug-likeness (QED) is 0.275. The minimum absolute atomic E-state index is 0.0589. The molecule has 0 bridgehead atoms. The van der Waals surface area contributed by atoms with E-state index in [4.69, 9.17) is 0 Å². The van der Waals surface area contributed by atoms with E-state index in [9.17, 15) is 0 Å². The summed E-state index contributed by atoms with van der Waals surface area (Å²) in [5.74, 6) is 7.22. The molecule has 0 nitrogen and oxygen atoms in total. The third kappa shape index (κ3) is 5.93. The van der Waals surface area contributed by atoms with Crippen LogP contribution in [0.15, 0.2) is 73.3 Å². The average molecular weight is 607 g/mol. The second-order valence-corrected chi connectivity index (χ2v) is 19.2. The zero-order chi connectivity index (χ0) is 32.2. The van der Waals surface area contributed by atoms with E-state index in [0.29, 0.717) is 28.1 Å². The molecule has 6 rings (SSSR count). The van der Waals surface area contributed by atoms with Crippen LogP contribution in [0.25, 0.3) is 0 Å². The molecule has 0 N–H and O–H groups in total. The first-order valence-electron chi connectivity index (χ1n) is 19.0. The molecule has 0 heterocycles. The van der Waals surface area contributed by atoms with Gasteiger partial charge in [-0.3, -0.25) is 0 Å². The van der Waals surface area contributed by atoms with Gasteiger partial charge in [-0.15, -0.1) is 6.58 Å². The number of hydrogen-bond donors (Lipinski definition) is 0. The van der Waals surface area contributed by atoms with Crippen LogP contribution in [0.4, 0.5) is 0 Å². The number of fused-ring (bicyclic) bond motifs is 3. The molecule has 246 valence electrons. The molecular formula is C45H66. The van der Waals surface area contributed by atoms with Gasteiger partial charge >= 0.3 is 0 Å². The van der Waals surface area contributed by atoms with Crippen molar-refractivity contribution < 1.29 is 0 Å². The highest BCUT2D eigenvalue weighted by Gasteiger charge is 2.64. The third-order valence-corrected chi connectivity index (χ3v) is 14.7. The number of rotatable bonds is 7. The Labute approximate surface area is 278 Å². The molecule has 2 aromatic rings. The van der Waals surface area contributed by atoms with Crippen molar-refractivity contribution in [1.82, 2.24) is 0 Å². The van der Waals surface area contributed by atoms with E-state index in [1.165, 1.54) is 57.8 Å². The number of allylic oxidation sites excluding steroid dienone is 1. The van der Waals surface area contributed by atoms with Gasteiger partial charge in [0.25, 0.3) is 0 Å². The van der Waals surface area contributed by atoms with Crippen molar-refractivity contribution >= 4 is 0 Å². The summed E-state index contributed by atoms with van der Waals surface area (Å²) in [6.07, 6.45) is 16.0. The monoisotopic (exact) mass is 607 g/mol. The van der Waals surface area contributed by atoms with E-state index >= 15 is 0 Å². The lowest BCUT2D eigenvalue weighted by Crippen LogP contribution is -2.49. The van der Waals surface area contributed by atoms with Gasteiger partial charge in [0.1, 0.15) is 0 Å². The Balaban J connectivity index is 1.57. The van der Waals surface area contributed by atoms with Crippen LogP contribution in [0.1, 0.15) is 131 Å². The molecule has 0 saturated heterocycles. The van der Waals surface area contributed by atoms with E-state index in [2.05, 4.69) is 129 Å². The molecule has 0 heteroatoms. The van der Waals surface area contributed by atoms with E-state index in [1.807, 2.05) is 0 Å². The Bertz CT molecular complexity index is 1190. The van der Waals surface area contributed by atoms with E-state index in [1.54, 1.807) is 11.1 Å². The zero-order valence-corrected chi connectivity index (χ0v) is 30.3. The summed E-state index contributed by atoms with van der Waals surface area (Å²) in [5.41, 5.74) is 4.38. The molecule has 4 aliphatic rings. The first-order valence-corrected chi connectivity index (χ1v) is 19.0. The molecule has 4 saturated carbocycles. The minimum atomic E-state index is 0.0589. The lowest BCUT2D eigenvalue weighted by Gasteiger charge is -2.53. The predicted molar refractivity (Wildman–Crippen MR) is 194 cm³/mol. The van der Waals surface area contributed by atoms with E-state index in [-0.39, 0.29) is 5.41 Å². The molecular weight excluding hydrogens is 540 g/mol. The second kappa shape index (κ2) is 12.3. The Morgan fingerprint density at radius 3 is 1.38 bits per heavy atom. The summed E-state index contributed by atoms with van der Waals surface area (Å²) < 4.78 is 0. The highest BCUT2D eigenvalue weighted by molar-refractivity contribution is 5.44. The van der Waals surface area contributed by atoms with E-state index in [0.717, 1.165) is 47.8 Å². The van der Waals surface area contributed by atoms with Crippen LogP contribution < -0.4 is 0 Å². The SMILES string of the molecule is C=CCC(C)(C)C1CCC(C(c2ccccc2)(c2ccccc2)C2C3CC(C(C)(C)C)CCC3C3CCC(C(C)(C)C)CC32)C1. The summed E-state index contributed by atoms with van der Waals surface area (Å²) >= 11 is 0. The highest BCUT2D eigenvalue weighted by Crippen LogP contribution is 2.69. The molecule has 0 amide bonds. The van der Waals surface area contributed by atoms with Crippen LogP contribution >= 0.6 is 0 Å². The lowest BCUT2D eigenvalue weighted by molar-refractivity contribution is 0.0404. The van der Waals surface area contributed by atoms with Gasteiger partial charge in [-0.05, 0) is 145 Å². The largest absolute Gasteiger partial charge is 0.103 e. The van der Waals surface area contributed by atoms with E-state index < -0.39 is 0 Å². The Morgan fingerprint density at radius 2 is 0.956 bits per heavy atom. The maximum absolute atomic E-state index is 4.19. The predicted octanol–water partition coefficient (Wildman–Crippen LogP) is 12.8. The van der Waals surface area contributed by atoms with Gasteiger partial charge in [0.15, 0.2) is 0 Å². The zero-order valence-electron chi connectivity index (χ0n) is 30.3. The Hall–Kier alpha value is -1.82.